The largest absolute Gasteiger partial charge is 0.449 e. The maximum absolute atomic E-state index is 13.5. The van der Waals surface area contributed by atoms with E-state index in [9.17, 15) is 9.18 Å². The Morgan fingerprint density at radius 3 is 2.88 bits per heavy atom. The zero-order chi connectivity index (χ0) is 10.8. The molecule has 0 radical (unpaired) electrons. The molecule has 1 fully saturated rings. The number of hydrogen-bond acceptors (Lipinski definition) is 2. The van der Waals surface area contributed by atoms with Crippen LogP contribution in [0.3, 0.4) is 0 Å². The van der Waals surface area contributed by atoms with E-state index in [-0.39, 0.29) is 18.4 Å². The van der Waals surface area contributed by atoms with Gasteiger partial charge in [0, 0.05) is 17.0 Å². The molecule has 1 aromatic carbocycles. The van der Waals surface area contributed by atoms with Gasteiger partial charge in [-0.05, 0) is 12.1 Å². The smallest absolute Gasteiger partial charge is 0.407 e. The molecule has 2 rings (SSSR count). The third-order valence-electron chi connectivity index (χ3n) is 2.27. The average molecular weight is 266 g/mol. The summed E-state index contributed by atoms with van der Waals surface area (Å²) in [5.74, 6) is -0.408. The molecular weight excluding hydrogens is 256 g/mol. The molecule has 1 N–H and O–H groups in total. The zero-order valence-electron chi connectivity index (χ0n) is 8.20. The summed E-state index contributed by atoms with van der Waals surface area (Å²) in [6.07, 6.45) is 0.0465. The van der Waals surface area contributed by atoms with Crippen LogP contribution in [-0.4, -0.2) is 12.7 Å². The molecule has 0 spiro atoms. The van der Waals surface area contributed by atoms with Crippen molar-refractivity contribution in [3.63, 3.8) is 0 Å². The molecule has 1 aromatic rings. The van der Waals surface area contributed by atoms with Gasteiger partial charge in [0.2, 0.25) is 0 Å². The maximum atomic E-state index is 13.5. The van der Waals surface area contributed by atoms with E-state index >= 15 is 0 Å². The summed E-state index contributed by atoms with van der Waals surface area (Å²) in [4.78, 5) is 10.9. The van der Waals surface area contributed by atoms with Crippen molar-refractivity contribution < 1.29 is 13.9 Å². The Balaban J connectivity index is 0.00000128. The second-order valence-electron chi connectivity index (χ2n) is 3.29. The standard InChI is InChI=1S/C10H9ClFNO2.ClH/c11-6-1-2-7(8(12)5-6)9-3-4-15-10(14)13-9;/h1-2,5,9H,3-4H2,(H,13,14);1H/t9-;/m0./s1. The highest BCUT2D eigenvalue weighted by molar-refractivity contribution is 6.30. The Morgan fingerprint density at radius 2 is 2.25 bits per heavy atom. The molecule has 1 saturated heterocycles. The number of nitrogens with one attached hydrogen (secondary N) is 1. The topological polar surface area (TPSA) is 38.3 Å². The van der Waals surface area contributed by atoms with Gasteiger partial charge < -0.3 is 10.1 Å². The van der Waals surface area contributed by atoms with E-state index < -0.39 is 11.9 Å². The predicted molar refractivity (Wildman–Crippen MR) is 60.5 cm³/mol. The highest BCUT2D eigenvalue weighted by Crippen LogP contribution is 2.24. The fraction of sp³-hybridized carbons (Fsp3) is 0.300. The van der Waals surface area contributed by atoms with Crippen LogP contribution in [0.1, 0.15) is 18.0 Å². The first-order valence-corrected chi connectivity index (χ1v) is 4.93. The van der Waals surface area contributed by atoms with Crippen molar-refractivity contribution in [1.82, 2.24) is 5.32 Å². The summed E-state index contributed by atoms with van der Waals surface area (Å²) in [5, 5.41) is 2.89. The highest BCUT2D eigenvalue weighted by Gasteiger charge is 2.23. The molecular formula is C10H10Cl2FNO2. The van der Waals surface area contributed by atoms with E-state index in [1.165, 1.54) is 6.07 Å². The monoisotopic (exact) mass is 265 g/mol. The second kappa shape index (κ2) is 5.37. The summed E-state index contributed by atoms with van der Waals surface area (Å²) in [6.45, 7) is 0.304. The molecule has 1 amide bonds. The van der Waals surface area contributed by atoms with Gasteiger partial charge in [-0.15, -0.1) is 12.4 Å². The number of carbonyl (C=O) groups excluding carboxylic acids is 1. The van der Waals surface area contributed by atoms with Crippen molar-refractivity contribution >= 4 is 30.1 Å². The molecule has 1 aliphatic heterocycles. The molecule has 0 saturated carbocycles. The Kier molecular flexibility index (Phi) is 4.38. The van der Waals surface area contributed by atoms with Gasteiger partial charge in [-0.1, -0.05) is 17.7 Å². The summed E-state index contributed by atoms with van der Waals surface area (Å²) >= 11 is 5.63. The van der Waals surface area contributed by atoms with Gasteiger partial charge in [0.05, 0.1) is 12.6 Å². The van der Waals surface area contributed by atoms with Crippen LogP contribution in [0, 0.1) is 5.82 Å². The third-order valence-corrected chi connectivity index (χ3v) is 2.50. The second-order valence-corrected chi connectivity index (χ2v) is 3.72. The van der Waals surface area contributed by atoms with Crippen LogP contribution in [0.25, 0.3) is 0 Å². The summed E-state index contributed by atoms with van der Waals surface area (Å²) in [7, 11) is 0. The first-order valence-electron chi connectivity index (χ1n) is 4.55. The Hall–Kier alpha value is -1.00. The highest BCUT2D eigenvalue weighted by atomic mass is 35.5. The Bertz CT molecular complexity index is 400. The van der Waals surface area contributed by atoms with Crippen LogP contribution in [0.4, 0.5) is 9.18 Å². The molecule has 88 valence electrons. The van der Waals surface area contributed by atoms with Crippen molar-refractivity contribution in [1.29, 1.82) is 0 Å². The SMILES string of the molecule is Cl.O=C1N[C@H](c2ccc(Cl)cc2F)CCO1. The first-order chi connectivity index (χ1) is 7.16. The molecule has 0 bridgehead atoms. The van der Waals surface area contributed by atoms with Crippen LogP contribution in [0.2, 0.25) is 5.02 Å². The zero-order valence-corrected chi connectivity index (χ0v) is 9.78. The lowest BCUT2D eigenvalue weighted by Gasteiger charge is -2.23. The number of cyclic esters (lactones) is 1. The number of rotatable bonds is 1. The number of ether oxygens (including phenoxy) is 1. The normalized spacial score (nSPS) is 19.4. The minimum atomic E-state index is -0.513. The van der Waals surface area contributed by atoms with Gasteiger partial charge >= 0.3 is 6.09 Å². The number of halogens is 3. The van der Waals surface area contributed by atoms with Crippen LogP contribution in [-0.2, 0) is 4.74 Å². The summed E-state index contributed by atoms with van der Waals surface area (Å²) in [5.41, 5.74) is 0.441. The van der Waals surface area contributed by atoms with Crippen LogP contribution in [0.5, 0.6) is 0 Å². The minimum Gasteiger partial charge on any atom is -0.449 e. The molecule has 1 atom stereocenters. The fourth-order valence-electron chi connectivity index (χ4n) is 1.54. The lowest BCUT2D eigenvalue weighted by molar-refractivity contribution is 0.115. The van der Waals surface area contributed by atoms with Crippen molar-refractivity contribution in [2.45, 2.75) is 12.5 Å². The van der Waals surface area contributed by atoms with Gasteiger partial charge in [0.15, 0.2) is 0 Å². The predicted octanol–water partition coefficient (Wildman–Crippen LogP) is 3.07. The molecule has 1 heterocycles. The van der Waals surface area contributed by atoms with Gasteiger partial charge in [0.1, 0.15) is 5.82 Å². The number of hydrogen-bond donors (Lipinski definition) is 1. The van der Waals surface area contributed by atoms with Crippen molar-refractivity contribution in [2.24, 2.45) is 0 Å². The van der Waals surface area contributed by atoms with E-state index in [4.69, 9.17) is 16.3 Å². The van der Waals surface area contributed by atoms with E-state index in [2.05, 4.69) is 5.32 Å². The minimum absolute atomic E-state index is 0. The third kappa shape index (κ3) is 2.77. The molecule has 3 nitrogen and oxygen atoms in total. The molecule has 0 aromatic heterocycles. The lowest BCUT2D eigenvalue weighted by Crippen LogP contribution is -2.35. The van der Waals surface area contributed by atoms with Crippen molar-refractivity contribution in [2.75, 3.05) is 6.61 Å². The molecule has 1 aliphatic rings. The van der Waals surface area contributed by atoms with Gasteiger partial charge in [-0.25, -0.2) is 9.18 Å². The molecule has 6 heteroatoms. The van der Waals surface area contributed by atoms with Crippen LogP contribution >= 0.6 is 24.0 Å². The molecule has 0 aliphatic carbocycles. The number of amides is 1. The Labute approximate surface area is 103 Å². The van der Waals surface area contributed by atoms with Crippen LogP contribution in [0.15, 0.2) is 18.2 Å². The lowest BCUT2D eigenvalue weighted by atomic mass is 10.0. The fourth-order valence-corrected chi connectivity index (χ4v) is 1.70. The van der Waals surface area contributed by atoms with Crippen molar-refractivity contribution in [3.05, 3.63) is 34.6 Å². The van der Waals surface area contributed by atoms with E-state index in [1.54, 1.807) is 12.1 Å². The summed E-state index contributed by atoms with van der Waals surface area (Å²) in [6, 6.07) is 4.08. The van der Waals surface area contributed by atoms with Crippen molar-refractivity contribution in [3.8, 4) is 0 Å². The first kappa shape index (κ1) is 13.1. The Morgan fingerprint density at radius 1 is 1.50 bits per heavy atom. The van der Waals surface area contributed by atoms with Crippen LogP contribution < -0.4 is 5.32 Å². The number of benzene rings is 1. The van der Waals surface area contributed by atoms with Gasteiger partial charge in [0.25, 0.3) is 0 Å². The van der Waals surface area contributed by atoms with E-state index in [0.29, 0.717) is 23.6 Å². The number of carbonyl (C=O) groups is 1. The summed E-state index contributed by atoms with van der Waals surface area (Å²) < 4.78 is 18.2. The number of alkyl carbamates (subject to hydrolysis) is 1. The van der Waals surface area contributed by atoms with E-state index in [0.717, 1.165) is 0 Å². The molecule has 0 unspecified atom stereocenters. The van der Waals surface area contributed by atoms with E-state index in [1.807, 2.05) is 0 Å². The van der Waals surface area contributed by atoms with Gasteiger partial charge in [-0.2, -0.15) is 0 Å². The van der Waals surface area contributed by atoms with Gasteiger partial charge in [-0.3, -0.25) is 0 Å². The quantitative estimate of drug-likeness (QED) is 0.848. The maximum Gasteiger partial charge on any atom is 0.407 e. The average Bonchev–Trinajstić information content (AvgIpc) is 2.17. The molecule has 16 heavy (non-hydrogen) atoms.